The van der Waals surface area contributed by atoms with Crippen molar-refractivity contribution >= 4 is 11.7 Å². The van der Waals surface area contributed by atoms with Gasteiger partial charge < -0.3 is 16.0 Å². The summed E-state index contributed by atoms with van der Waals surface area (Å²) in [6, 6.07) is 6.32. The van der Waals surface area contributed by atoms with Gasteiger partial charge in [-0.3, -0.25) is 0 Å². The number of hydrogen-bond acceptors (Lipinski definition) is 2. The Labute approximate surface area is 126 Å². The molecule has 0 bridgehead atoms. The summed E-state index contributed by atoms with van der Waals surface area (Å²) in [6.07, 6.45) is 7.95. The Morgan fingerprint density at radius 1 is 1.14 bits per heavy atom. The smallest absolute Gasteiger partial charge is 0.317 e. The summed E-state index contributed by atoms with van der Waals surface area (Å²) in [5, 5.41) is 3.24. The van der Waals surface area contributed by atoms with Crippen LogP contribution in [0.3, 0.4) is 0 Å². The molecule has 0 radical (unpaired) electrons. The molecule has 2 aliphatic rings. The maximum atomic E-state index is 12.5. The van der Waals surface area contributed by atoms with E-state index in [0.29, 0.717) is 0 Å². The molecule has 114 valence electrons. The van der Waals surface area contributed by atoms with Gasteiger partial charge in [0.05, 0.1) is 6.04 Å². The molecule has 0 saturated carbocycles. The Balaban J connectivity index is 1.69. The van der Waals surface area contributed by atoms with Crippen LogP contribution in [0.2, 0.25) is 0 Å². The summed E-state index contributed by atoms with van der Waals surface area (Å²) >= 11 is 0. The predicted molar refractivity (Wildman–Crippen MR) is 85.1 cm³/mol. The minimum absolute atomic E-state index is 0.103. The first kappa shape index (κ1) is 14.2. The van der Waals surface area contributed by atoms with Crippen LogP contribution in [0.15, 0.2) is 18.2 Å². The fourth-order valence-electron chi connectivity index (χ4n) is 3.50. The number of carbonyl (C=O) groups is 1. The van der Waals surface area contributed by atoms with Gasteiger partial charge in [0, 0.05) is 18.8 Å². The van der Waals surface area contributed by atoms with Crippen molar-refractivity contribution in [3.05, 3.63) is 29.3 Å². The molecule has 1 aliphatic heterocycles. The van der Waals surface area contributed by atoms with Crippen molar-refractivity contribution in [3.63, 3.8) is 0 Å². The molecule has 1 heterocycles. The van der Waals surface area contributed by atoms with Crippen LogP contribution in [0, 0.1) is 0 Å². The van der Waals surface area contributed by atoms with Crippen molar-refractivity contribution in [1.29, 1.82) is 0 Å². The van der Waals surface area contributed by atoms with Crippen molar-refractivity contribution in [2.75, 3.05) is 18.8 Å². The molecule has 3 N–H and O–H groups in total. The zero-order chi connectivity index (χ0) is 14.7. The highest BCUT2D eigenvalue weighted by Gasteiger charge is 2.24. The number of rotatable bonds is 1. The number of nitrogens with zero attached hydrogens (tertiary/aromatic N) is 1. The summed E-state index contributed by atoms with van der Waals surface area (Å²) in [7, 11) is 0. The van der Waals surface area contributed by atoms with Crippen LogP contribution in [-0.4, -0.2) is 24.0 Å². The third-order valence-electron chi connectivity index (χ3n) is 4.67. The normalized spacial score (nSPS) is 22.3. The Bertz CT molecular complexity index is 507. The number of likely N-dealkylation sites (tertiary alicyclic amines) is 1. The summed E-state index contributed by atoms with van der Waals surface area (Å²) < 4.78 is 0. The standard InChI is InChI=1S/C17H25N3O/c18-14-8-9-15-13(12-14)6-5-7-16(15)19-17(21)20-10-3-1-2-4-11-20/h8-9,12,16H,1-7,10-11,18H2,(H,19,21). The zero-order valence-corrected chi connectivity index (χ0v) is 12.6. The number of amides is 2. The molecular formula is C17H25N3O. The number of nitrogen functional groups attached to an aromatic ring is 1. The summed E-state index contributed by atoms with van der Waals surface area (Å²) in [6.45, 7) is 1.79. The maximum absolute atomic E-state index is 12.5. The van der Waals surface area contributed by atoms with Gasteiger partial charge >= 0.3 is 6.03 Å². The molecule has 4 nitrogen and oxygen atoms in total. The molecule has 1 aromatic rings. The van der Waals surface area contributed by atoms with E-state index in [1.165, 1.54) is 24.0 Å². The lowest BCUT2D eigenvalue weighted by Gasteiger charge is -2.29. The van der Waals surface area contributed by atoms with Gasteiger partial charge in [-0.1, -0.05) is 18.9 Å². The van der Waals surface area contributed by atoms with Crippen LogP contribution in [0.5, 0.6) is 0 Å². The van der Waals surface area contributed by atoms with Crippen LogP contribution < -0.4 is 11.1 Å². The largest absolute Gasteiger partial charge is 0.399 e. The Morgan fingerprint density at radius 2 is 1.90 bits per heavy atom. The van der Waals surface area contributed by atoms with E-state index in [9.17, 15) is 4.79 Å². The number of nitrogens with two attached hydrogens (primary N) is 1. The Kier molecular flexibility index (Phi) is 4.32. The lowest BCUT2D eigenvalue weighted by Crippen LogP contribution is -2.42. The number of anilines is 1. The van der Waals surface area contributed by atoms with E-state index in [1.54, 1.807) is 0 Å². The lowest BCUT2D eigenvalue weighted by molar-refractivity contribution is 0.194. The summed E-state index contributed by atoms with van der Waals surface area (Å²) in [5.41, 5.74) is 9.22. The first-order chi connectivity index (χ1) is 10.2. The van der Waals surface area contributed by atoms with Gasteiger partial charge in [0.2, 0.25) is 0 Å². The van der Waals surface area contributed by atoms with Gasteiger partial charge in [-0.05, 0) is 55.4 Å². The van der Waals surface area contributed by atoms with E-state index in [0.717, 1.165) is 50.9 Å². The van der Waals surface area contributed by atoms with E-state index >= 15 is 0 Å². The molecule has 1 saturated heterocycles. The molecule has 1 aliphatic carbocycles. The number of hydrogen-bond donors (Lipinski definition) is 2. The molecule has 2 amide bonds. The van der Waals surface area contributed by atoms with Crippen molar-refractivity contribution in [1.82, 2.24) is 10.2 Å². The van der Waals surface area contributed by atoms with Crippen LogP contribution in [0.4, 0.5) is 10.5 Å². The van der Waals surface area contributed by atoms with Gasteiger partial charge in [0.15, 0.2) is 0 Å². The Hall–Kier alpha value is -1.71. The minimum atomic E-state index is 0.103. The molecule has 1 aromatic carbocycles. The number of carbonyl (C=O) groups excluding carboxylic acids is 1. The fourth-order valence-corrected chi connectivity index (χ4v) is 3.50. The van der Waals surface area contributed by atoms with Crippen LogP contribution in [-0.2, 0) is 6.42 Å². The van der Waals surface area contributed by atoms with Crippen molar-refractivity contribution in [2.24, 2.45) is 0 Å². The molecule has 3 rings (SSSR count). The quantitative estimate of drug-likeness (QED) is 0.779. The SMILES string of the molecule is Nc1ccc2c(c1)CCCC2NC(=O)N1CCCCCC1. The van der Waals surface area contributed by atoms with Crippen molar-refractivity contribution in [3.8, 4) is 0 Å². The van der Waals surface area contributed by atoms with Crippen LogP contribution in [0.25, 0.3) is 0 Å². The Morgan fingerprint density at radius 3 is 2.67 bits per heavy atom. The second kappa shape index (κ2) is 6.37. The average molecular weight is 287 g/mol. The molecule has 4 heteroatoms. The van der Waals surface area contributed by atoms with E-state index in [2.05, 4.69) is 17.4 Å². The molecule has 1 fully saturated rings. The van der Waals surface area contributed by atoms with Gasteiger partial charge in [0.25, 0.3) is 0 Å². The predicted octanol–water partition coefficient (Wildman–Crippen LogP) is 3.23. The average Bonchev–Trinajstić information content (AvgIpc) is 2.76. The maximum Gasteiger partial charge on any atom is 0.317 e. The number of benzene rings is 1. The molecular weight excluding hydrogens is 262 g/mol. The topological polar surface area (TPSA) is 58.4 Å². The van der Waals surface area contributed by atoms with Crippen molar-refractivity contribution < 1.29 is 4.79 Å². The molecule has 1 atom stereocenters. The van der Waals surface area contributed by atoms with Gasteiger partial charge in [-0.25, -0.2) is 4.79 Å². The minimum Gasteiger partial charge on any atom is -0.399 e. The fraction of sp³-hybridized carbons (Fsp3) is 0.588. The number of nitrogens with one attached hydrogen (secondary N) is 1. The number of urea groups is 1. The number of fused-ring (bicyclic) bond motifs is 1. The molecule has 21 heavy (non-hydrogen) atoms. The van der Waals surface area contributed by atoms with Gasteiger partial charge in [-0.15, -0.1) is 0 Å². The highest BCUT2D eigenvalue weighted by Crippen LogP contribution is 2.31. The zero-order valence-electron chi connectivity index (χ0n) is 12.6. The highest BCUT2D eigenvalue weighted by molar-refractivity contribution is 5.75. The van der Waals surface area contributed by atoms with E-state index in [1.807, 2.05) is 11.0 Å². The van der Waals surface area contributed by atoms with Crippen LogP contribution >= 0.6 is 0 Å². The molecule has 1 unspecified atom stereocenters. The second-order valence-corrected chi connectivity index (χ2v) is 6.25. The highest BCUT2D eigenvalue weighted by atomic mass is 16.2. The second-order valence-electron chi connectivity index (χ2n) is 6.25. The molecule has 0 aromatic heterocycles. The first-order valence-corrected chi connectivity index (χ1v) is 8.18. The number of aryl methyl sites for hydroxylation is 1. The monoisotopic (exact) mass is 287 g/mol. The van der Waals surface area contributed by atoms with E-state index in [4.69, 9.17) is 5.73 Å². The van der Waals surface area contributed by atoms with Crippen molar-refractivity contribution in [2.45, 2.75) is 51.0 Å². The van der Waals surface area contributed by atoms with Crippen LogP contribution in [0.1, 0.15) is 55.7 Å². The van der Waals surface area contributed by atoms with E-state index in [-0.39, 0.29) is 12.1 Å². The van der Waals surface area contributed by atoms with E-state index < -0.39 is 0 Å². The van der Waals surface area contributed by atoms with Gasteiger partial charge in [0.1, 0.15) is 0 Å². The first-order valence-electron chi connectivity index (χ1n) is 8.18. The molecule has 0 spiro atoms. The summed E-state index contributed by atoms with van der Waals surface area (Å²) in [4.78, 5) is 14.5. The third kappa shape index (κ3) is 3.31. The summed E-state index contributed by atoms with van der Waals surface area (Å²) in [5.74, 6) is 0. The third-order valence-corrected chi connectivity index (χ3v) is 4.67. The lowest BCUT2D eigenvalue weighted by atomic mass is 9.87. The van der Waals surface area contributed by atoms with Gasteiger partial charge in [-0.2, -0.15) is 0 Å².